The summed E-state index contributed by atoms with van der Waals surface area (Å²) in [6, 6.07) is 5.71. The van der Waals surface area contributed by atoms with E-state index >= 15 is 0 Å². The molecule has 0 spiro atoms. The van der Waals surface area contributed by atoms with Crippen LogP contribution in [0.3, 0.4) is 0 Å². The van der Waals surface area contributed by atoms with Crippen LogP contribution >= 0.6 is 0 Å². The predicted molar refractivity (Wildman–Crippen MR) is 76.7 cm³/mol. The smallest absolute Gasteiger partial charge is 0.123 e. The highest BCUT2D eigenvalue weighted by Gasteiger charge is 2.15. The van der Waals surface area contributed by atoms with Crippen LogP contribution in [0.15, 0.2) is 18.2 Å². The molecule has 0 aliphatic carbocycles. The molecule has 0 saturated heterocycles. The summed E-state index contributed by atoms with van der Waals surface area (Å²) in [5.74, 6) is 1.46. The van der Waals surface area contributed by atoms with Gasteiger partial charge in [-0.3, -0.25) is 0 Å². The van der Waals surface area contributed by atoms with E-state index in [9.17, 15) is 0 Å². The molecule has 108 valence electrons. The second-order valence-corrected chi connectivity index (χ2v) is 4.41. The number of methoxy groups -OCH3 is 2. The quantitative estimate of drug-likeness (QED) is 0.871. The highest BCUT2D eigenvalue weighted by molar-refractivity contribution is 5.66. The monoisotopic (exact) mass is 276 g/mol. The van der Waals surface area contributed by atoms with E-state index in [4.69, 9.17) is 15.2 Å². The van der Waals surface area contributed by atoms with E-state index in [2.05, 4.69) is 17.2 Å². The molecule has 1 aromatic heterocycles. The zero-order valence-electron chi connectivity index (χ0n) is 12.1. The molecule has 0 aliphatic rings. The third kappa shape index (κ3) is 2.75. The average molecular weight is 276 g/mol. The maximum absolute atomic E-state index is 5.76. The van der Waals surface area contributed by atoms with Crippen LogP contribution in [-0.2, 0) is 13.1 Å². The summed E-state index contributed by atoms with van der Waals surface area (Å²) >= 11 is 0. The summed E-state index contributed by atoms with van der Waals surface area (Å²) in [5.41, 5.74) is 8.40. The fourth-order valence-corrected chi connectivity index (χ4v) is 2.11. The van der Waals surface area contributed by atoms with Crippen molar-refractivity contribution in [3.05, 3.63) is 23.9 Å². The van der Waals surface area contributed by atoms with Gasteiger partial charge in [-0.2, -0.15) is 0 Å². The Hall–Kier alpha value is -2.08. The lowest BCUT2D eigenvalue weighted by Crippen LogP contribution is -2.04. The Bertz CT molecular complexity index is 558. The molecule has 0 unspecified atom stereocenters. The Morgan fingerprint density at radius 2 is 1.80 bits per heavy atom. The molecule has 2 N–H and O–H groups in total. The molecule has 2 aromatic rings. The Morgan fingerprint density at radius 3 is 2.30 bits per heavy atom. The minimum atomic E-state index is 0.346. The summed E-state index contributed by atoms with van der Waals surface area (Å²) in [5, 5.41) is 8.32. The van der Waals surface area contributed by atoms with Crippen LogP contribution in [0.5, 0.6) is 11.5 Å². The Morgan fingerprint density at radius 1 is 1.15 bits per heavy atom. The van der Waals surface area contributed by atoms with Crippen LogP contribution in [-0.4, -0.2) is 29.2 Å². The van der Waals surface area contributed by atoms with Gasteiger partial charge < -0.3 is 15.2 Å². The molecule has 0 amide bonds. The van der Waals surface area contributed by atoms with Crippen LogP contribution in [0.25, 0.3) is 11.3 Å². The molecule has 0 aliphatic heterocycles. The van der Waals surface area contributed by atoms with E-state index in [0.717, 1.165) is 41.4 Å². The van der Waals surface area contributed by atoms with Crippen molar-refractivity contribution >= 4 is 0 Å². The Balaban J connectivity index is 2.56. The Kier molecular flexibility index (Phi) is 4.57. The molecular weight excluding hydrogens is 256 g/mol. The van der Waals surface area contributed by atoms with Crippen LogP contribution < -0.4 is 15.2 Å². The zero-order valence-corrected chi connectivity index (χ0v) is 12.1. The lowest BCUT2D eigenvalue weighted by molar-refractivity contribution is 0.394. The number of benzene rings is 1. The number of nitrogens with zero attached hydrogens (tertiary/aromatic N) is 3. The molecular formula is C14H20N4O2. The molecule has 1 heterocycles. The van der Waals surface area contributed by atoms with Gasteiger partial charge in [0.15, 0.2) is 0 Å². The standard InChI is InChI=1S/C14H20N4O2/c1-4-5-18-14(13(9-15)16-17-18)10-6-11(19-2)8-12(7-10)20-3/h6-8H,4-5,9,15H2,1-3H3. The molecule has 2 rings (SSSR count). The van der Waals surface area contributed by atoms with Gasteiger partial charge in [-0.25, -0.2) is 4.68 Å². The molecule has 6 heteroatoms. The molecule has 20 heavy (non-hydrogen) atoms. The van der Waals surface area contributed by atoms with Crippen molar-refractivity contribution in [3.63, 3.8) is 0 Å². The number of nitrogens with two attached hydrogens (primary N) is 1. The summed E-state index contributed by atoms with van der Waals surface area (Å²) in [6.45, 7) is 3.24. The molecule has 0 radical (unpaired) electrons. The first kappa shape index (κ1) is 14.3. The van der Waals surface area contributed by atoms with E-state index in [1.807, 2.05) is 22.9 Å². The van der Waals surface area contributed by atoms with Crippen molar-refractivity contribution < 1.29 is 9.47 Å². The number of aromatic nitrogens is 3. The van der Waals surface area contributed by atoms with Crippen LogP contribution in [0, 0.1) is 0 Å². The van der Waals surface area contributed by atoms with Crippen LogP contribution in [0.4, 0.5) is 0 Å². The third-order valence-corrected chi connectivity index (χ3v) is 3.06. The van der Waals surface area contributed by atoms with Gasteiger partial charge in [-0.15, -0.1) is 5.10 Å². The second-order valence-electron chi connectivity index (χ2n) is 4.41. The zero-order chi connectivity index (χ0) is 14.5. The van der Waals surface area contributed by atoms with Crippen molar-refractivity contribution in [2.75, 3.05) is 14.2 Å². The summed E-state index contributed by atoms with van der Waals surface area (Å²) < 4.78 is 12.5. The van der Waals surface area contributed by atoms with Gasteiger partial charge in [0, 0.05) is 24.7 Å². The minimum Gasteiger partial charge on any atom is -0.497 e. The van der Waals surface area contributed by atoms with Gasteiger partial charge in [0.1, 0.15) is 17.2 Å². The number of hydrogen-bond acceptors (Lipinski definition) is 5. The second kappa shape index (κ2) is 6.38. The number of aryl methyl sites for hydroxylation is 1. The predicted octanol–water partition coefficient (Wildman–Crippen LogP) is 1.83. The summed E-state index contributed by atoms with van der Waals surface area (Å²) in [4.78, 5) is 0. The first-order chi connectivity index (χ1) is 9.73. The van der Waals surface area contributed by atoms with E-state index in [1.54, 1.807) is 14.2 Å². The topological polar surface area (TPSA) is 75.2 Å². The highest BCUT2D eigenvalue weighted by Crippen LogP contribution is 2.31. The van der Waals surface area contributed by atoms with Gasteiger partial charge in [0.25, 0.3) is 0 Å². The van der Waals surface area contributed by atoms with Gasteiger partial charge in [0.05, 0.1) is 19.9 Å². The molecule has 1 aromatic carbocycles. The van der Waals surface area contributed by atoms with E-state index in [-0.39, 0.29) is 0 Å². The molecule has 6 nitrogen and oxygen atoms in total. The third-order valence-electron chi connectivity index (χ3n) is 3.06. The molecule has 0 atom stereocenters. The van der Waals surface area contributed by atoms with E-state index in [0.29, 0.717) is 6.54 Å². The maximum atomic E-state index is 5.76. The lowest BCUT2D eigenvalue weighted by Gasteiger charge is -2.11. The van der Waals surface area contributed by atoms with Gasteiger partial charge in [-0.05, 0) is 18.6 Å². The van der Waals surface area contributed by atoms with Gasteiger partial charge in [-0.1, -0.05) is 12.1 Å². The number of rotatable bonds is 6. The minimum absolute atomic E-state index is 0.346. The molecule has 0 saturated carbocycles. The average Bonchev–Trinajstić information content (AvgIpc) is 2.89. The molecule has 0 fully saturated rings. The fourth-order valence-electron chi connectivity index (χ4n) is 2.11. The first-order valence-electron chi connectivity index (χ1n) is 6.59. The van der Waals surface area contributed by atoms with Crippen molar-refractivity contribution in [3.8, 4) is 22.8 Å². The fraction of sp³-hybridized carbons (Fsp3) is 0.429. The number of ether oxygens (including phenoxy) is 2. The normalized spacial score (nSPS) is 10.6. The lowest BCUT2D eigenvalue weighted by atomic mass is 10.1. The van der Waals surface area contributed by atoms with Crippen LogP contribution in [0.1, 0.15) is 19.0 Å². The van der Waals surface area contributed by atoms with Crippen molar-refractivity contribution in [2.45, 2.75) is 26.4 Å². The van der Waals surface area contributed by atoms with Gasteiger partial charge >= 0.3 is 0 Å². The highest BCUT2D eigenvalue weighted by atomic mass is 16.5. The van der Waals surface area contributed by atoms with Crippen molar-refractivity contribution in [1.29, 1.82) is 0 Å². The maximum Gasteiger partial charge on any atom is 0.123 e. The van der Waals surface area contributed by atoms with Crippen LogP contribution in [0.2, 0.25) is 0 Å². The Labute approximate surface area is 118 Å². The summed E-state index contributed by atoms with van der Waals surface area (Å²) in [6.07, 6.45) is 0.974. The van der Waals surface area contributed by atoms with Crippen molar-refractivity contribution in [1.82, 2.24) is 15.0 Å². The van der Waals surface area contributed by atoms with Crippen molar-refractivity contribution in [2.24, 2.45) is 5.73 Å². The SMILES string of the molecule is CCCn1nnc(CN)c1-c1cc(OC)cc(OC)c1. The number of hydrogen-bond donors (Lipinski definition) is 1. The summed E-state index contributed by atoms with van der Waals surface area (Å²) in [7, 11) is 3.26. The van der Waals surface area contributed by atoms with E-state index in [1.165, 1.54) is 0 Å². The molecule has 0 bridgehead atoms. The first-order valence-corrected chi connectivity index (χ1v) is 6.59. The largest absolute Gasteiger partial charge is 0.497 e. The van der Waals surface area contributed by atoms with Gasteiger partial charge in [0.2, 0.25) is 0 Å². The van der Waals surface area contributed by atoms with E-state index < -0.39 is 0 Å².